The molecule has 0 bridgehead atoms. The molecule has 9 rings (SSSR count). The maximum Gasteiger partial charge on any atom is 0.160 e. The van der Waals surface area contributed by atoms with Crippen LogP contribution in [0.2, 0.25) is 0 Å². The second kappa shape index (κ2) is 11.2. The first-order valence-electron chi connectivity index (χ1n) is 15.8. The van der Waals surface area contributed by atoms with E-state index in [0.717, 1.165) is 61.8 Å². The van der Waals surface area contributed by atoms with Crippen molar-refractivity contribution in [2.24, 2.45) is 0 Å². The van der Waals surface area contributed by atoms with Gasteiger partial charge in [0, 0.05) is 27.6 Å². The summed E-state index contributed by atoms with van der Waals surface area (Å²) in [7, 11) is 0. The molecule has 0 saturated heterocycles. The molecule has 0 radical (unpaired) electrons. The zero-order chi connectivity index (χ0) is 31.2. The lowest BCUT2D eigenvalue weighted by molar-refractivity contribution is 0.487. The molecule has 0 saturated carbocycles. The van der Waals surface area contributed by atoms with E-state index in [1.807, 2.05) is 24.3 Å². The molecule has 0 N–H and O–H groups in total. The van der Waals surface area contributed by atoms with Crippen LogP contribution in [-0.4, -0.2) is 9.97 Å². The van der Waals surface area contributed by atoms with Crippen molar-refractivity contribution in [2.75, 3.05) is 0 Å². The van der Waals surface area contributed by atoms with Crippen molar-refractivity contribution in [1.29, 1.82) is 0 Å². The summed E-state index contributed by atoms with van der Waals surface area (Å²) in [6.45, 7) is 0. The van der Waals surface area contributed by atoms with E-state index in [2.05, 4.69) is 146 Å². The quantitative estimate of drug-likeness (QED) is 0.197. The molecule has 3 nitrogen and oxygen atoms in total. The molecular weight excluding hydrogens is 572 g/mol. The fourth-order valence-corrected chi connectivity index (χ4v) is 6.55. The van der Waals surface area contributed by atoms with E-state index < -0.39 is 0 Å². The summed E-state index contributed by atoms with van der Waals surface area (Å²) in [6.07, 6.45) is 0. The van der Waals surface area contributed by atoms with Crippen LogP contribution in [0.4, 0.5) is 0 Å². The zero-order valence-electron chi connectivity index (χ0n) is 25.5. The van der Waals surface area contributed by atoms with Crippen molar-refractivity contribution in [3.63, 3.8) is 0 Å². The van der Waals surface area contributed by atoms with E-state index in [4.69, 9.17) is 14.7 Å². The van der Waals surface area contributed by atoms with E-state index in [0.29, 0.717) is 5.82 Å². The Kier molecular flexibility index (Phi) is 6.46. The fraction of sp³-hybridized carbons (Fsp3) is 0. The van der Waals surface area contributed by atoms with Gasteiger partial charge < -0.3 is 4.74 Å². The molecule has 0 atom stereocenters. The van der Waals surface area contributed by atoms with Gasteiger partial charge in [0.1, 0.15) is 11.5 Å². The molecule has 3 heteroatoms. The highest BCUT2D eigenvalue weighted by molar-refractivity contribution is 6.04. The minimum Gasteiger partial charge on any atom is -0.456 e. The third-order valence-corrected chi connectivity index (χ3v) is 8.87. The maximum absolute atomic E-state index is 6.48. The predicted octanol–water partition coefficient (Wildman–Crippen LogP) is 11.7. The number of fused-ring (bicyclic) bond motifs is 2. The van der Waals surface area contributed by atoms with Gasteiger partial charge in [-0.3, -0.25) is 0 Å². The molecule has 0 aliphatic carbocycles. The lowest BCUT2D eigenvalue weighted by atomic mass is 9.92. The van der Waals surface area contributed by atoms with E-state index in [1.165, 1.54) is 21.9 Å². The summed E-state index contributed by atoms with van der Waals surface area (Å²) in [5.74, 6) is 2.46. The van der Waals surface area contributed by atoms with Crippen LogP contribution in [0.15, 0.2) is 170 Å². The maximum atomic E-state index is 6.48. The van der Waals surface area contributed by atoms with Crippen LogP contribution in [0.1, 0.15) is 0 Å². The Balaban J connectivity index is 1.14. The monoisotopic (exact) mass is 600 g/mol. The summed E-state index contributed by atoms with van der Waals surface area (Å²) in [6, 6.07) is 59.1. The summed E-state index contributed by atoms with van der Waals surface area (Å²) in [5.41, 5.74) is 11.6. The van der Waals surface area contributed by atoms with Gasteiger partial charge in [-0.2, -0.15) is 0 Å². The average molecular weight is 601 g/mol. The van der Waals surface area contributed by atoms with E-state index >= 15 is 0 Å². The second-order valence-electron chi connectivity index (χ2n) is 11.8. The molecule has 47 heavy (non-hydrogen) atoms. The molecule has 8 aromatic rings. The van der Waals surface area contributed by atoms with Crippen LogP contribution < -0.4 is 4.74 Å². The Hall–Kier alpha value is -6.32. The van der Waals surface area contributed by atoms with Crippen LogP contribution in [-0.2, 0) is 0 Å². The number of hydrogen-bond acceptors (Lipinski definition) is 3. The predicted molar refractivity (Wildman–Crippen MR) is 192 cm³/mol. The fourth-order valence-electron chi connectivity index (χ4n) is 6.55. The Morgan fingerprint density at radius 3 is 1.60 bits per heavy atom. The van der Waals surface area contributed by atoms with Crippen molar-refractivity contribution < 1.29 is 4.74 Å². The van der Waals surface area contributed by atoms with E-state index in [-0.39, 0.29) is 0 Å². The van der Waals surface area contributed by atoms with E-state index in [9.17, 15) is 0 Å². The molecule has 220 valence electrons. The highest BCUT2D eigenvalue weighted by atomic mass is 16.5. The van der Waals surface area contributed by atoms with Crippen molar-refractivity contribution in [2.45, 2.75) is 0 Å². The molecule has 0 unspecified atom stereocenters. The van der Waals surface area contributed by atoms with Crippen molar-refractivity contribution in [3.05, 3.63) is 170 Å². The highest BCUT2D eigenvalue weighted by Gasteiger charge is 2.20. The highest BCUT2D eigenvalue weighted by Crippen LogP contribution is 2.47. The van der Waals surface area contributed by atoms with Crippen LogP contribution in [0.3, 0.4) is 0 Å². The summed E-state index contributed by atoms with van der Waals surface area (Å²) in [4.78, 5) is 10.2. The SMILES string of the molecule is c1ccc(-c2cccc(-c3cc(-c4cccc(-c5ccc6c(c5)Oc5cccc7cccc-6c57)c4)nc(-c4ccccc4)n3)c2)cc1. The Morgan fingerprint density at radius 2 is 0.894 bits per heavy atom. The molecule has 0 amide bonds. The number of nitrogens with zero attached hydrogens (tertiary/aromatic N) is 2. The van der Waals surface area contributed by atoms with Gasteiger partial charge in [0.05, 0.1) is 11.4 Å². The van der Waals surface area contributed by atoms with Gasteiger partial charge in [-0.05, 0) is 69.6 Å². The molecule has 1 aliphatic heterocycles. The molecule has 2 heterocycles. The number of rotatable bonds is 5. The largest absolute Gasteiger partial charge is 0.456 e. The third kappa shape index (κ3) is 4.95. The smallest absolute Gasteiger partial charge is 0.160 e. The molecule has 1 aromatic heterocycles. The van der Waals surface area contributed by atoms with Gasteiger partial charge in [0.2, 0.25) is 0 Å². The lowest BCUT2D eigenvalue weighted by Gasteiger charge is -2.22. The van der Waals surface area contributed by atoms with Gasteiger partial charge in [-0.25, -0.2) is 9.97 Å². The minimum absolute atomic E-state index is 0.698. The third-order valence-electron chi connectivity index (χ3n) is 8.87. The first-order valence-corrected chi connectivity index (χ1v) is 15.8. The van der Waals surface area contributed by atoms with Gasteiger partial charge in [-0.1, -0.05) is 133 Å². The molecule has 0 spiro atoms. The molecule has 0 fully saturated rings. The van der Waals surface area contributed by atoms with Crippen molar-refractivity contribution in [3.8, 4) is 78.8 Å². The summed E-state index contributed by atoms with van der Waals surface area (Å²) >= 11 is 0. The first-order chi connectivity index (χ1) is 23.3. The van der Waals surface area contributed by atoms with Gasteiger partial charge in [-0.15, -0.1) is 0 Å². The van der Waals surface area contributed by atoms with Crippen molar-refractivity contribution in [1.82, 2.24) is 9.97 Å². The van der Waals surface area contributed by atoms with E-state index in [1.54, 1.807) is 0 Å². The number of hydrogen-bond donors (Lipinski definition) is 0. The van der Waals surface area contributed by atoms with Gasteiger partial charge >= 0.3 is 0 Å². The second-order valence-corrected chi connectivity index (χ2v) is 11.8. The van der Waals surface area contributed by atoms with Crippen LogP contribution in [0, 0.1) is 0 Å². The Bertz CT molecular complexity index is 2430. The van der Waals surface area contributed by atoms with Crippen LogP contribution in [0.25, 0.3) is 78.1 Å². The molecule has 1 aliphatic rings. The van der Waals surface area contributed by atoms with Gasteiger partial charge in [0.15, 0.2) is 5.82 Å². The Morgan fingerprint density at radius 1 is 0.340 bits per heavy atom. The van der Waals surface area contributed by atoms with Gasteiger partial charge in [0.25, 0.3) is 0 Å². The minimum atomic E-state index is 0.698. The zero-order valence-corrected chi connectivity index (χ0v) is 25.5. The Labute approximate surface area is 273 Å². The lowest BCUT2D eigenvalue weighted by Crippen LogP contribution is -1.97. The summed E-state index contributed by atoms with van der Waals surface area (Å²) in [5, 5.41) is 2.36. The first kappa shape index (κ1) is 27.0. The molecular formula is C44H28N2O. The average Bonchev–Trinajstić information content (AvgIpc) is 3.15. The number of ether oxygens (including phenoxy) is 1. The normalized spacial score (nSPS) is 11.6. The standard InChI is InChI=1S/C44H28N2O/c1-3-11-29(12-4-1)32-17-7-19-35(25-32)39-28-40(46-44(45-39)31-13-5-2-6-14-31)36-20-8-18-33(26-36)34-23-24-37-38-21-9-15-30-16-10-22-41(43(30)38)47-42(37)27-34/h1-28H. The number of aromatic nitrogens is 2. The van der Waals surface area contributed by atoms with Crippen LogP contribution in [0.5, 0.6) is 11.5 Å². The molecule has 7 aromatic carbocycles. The van der Waals surface area contributed by atoms with Crippen LogP contribution >= 0.6 is 0 Å². The summed E-state index contributed by atoms with van der Waals surface area (Å²) < 4.78 is 6.48. The van der Waals surface area contributed by atoms with Crippen molar-refractivity contribution >= 4 is 10.8 Å². The number of benzene rings is 7. The topological polar surface area (TPSA) is 35.0 Å².